The molecule has 0 aliphatic rings. The molecule has 0 aliphatic heterocycles. The van der Waals surface area contributed by atoms with Crippen molar-refractivity contribution in [1.29, 1.82) is 0 Å². The van der Waals surface area contributed by atoms with Crippen LogP contribution in [0.5, 0.6) is 11.5 Å². The van der Waals surface area contributed by atoms with Crippen LogP contribution in [-0.4, -0.2) is 28.9 Å². The molecule has 6 nitrogen and oxygen atoms in total. The molecule has 33 heavy (non-hydrogen) atoms. The Morgan fingerprint density at radius 2 is 1.73 bits per heavy atom. The Balaban J connectivity index is 1.67. The van der Waals surface area contributed by atoms with Crippen LogP contribution in [0.15, 0.2) is 48.5 Å². The van der Waals surface area contributed by atoms with Gasteiger partial charge in [0, 0.05) is 11.8 Å². The van der Waals surface area contributed by atoms with Crippen molar-refractivity contribution >= 4 is 11.7 Å². The maximum atomic E-state index is 13.0. The van der Waals surface area contributed by atoms with Gasteiger partial charge in [-0.1, -0.05) is 18.2 Å². The van der Waals surface area contributed by atoms with Gasteiger partial charge in [0.2, 0.25) is 5.91 Å². The molecule has 1 N–H and O–H groups in total. The topological polar surface area (TPSA) is 65.4 Å². The highest BCUT2D eigenvalue weighted by Crippen LogP contribution is 2.30. The van der Waals surface area contributed by atoms with Crippen molar-refractivity contribution in [1.82, 2.24) is 9.78 Å². The maximum Gasteiger partial charge on any atom is 0.416 e. The van der Waals surface area contributed by atoms with Gasteiger partial charge in [-0.2, -0.15) is 18.3 Å². The van der Waals surface area contributed by atoms with Crippen LogP contribution >= 0.6 is 0 Å². The summed E-state index contributed by atoms with van der Waals surface area (Å²) in [5.41, 5.74) is 1.22. The summed E-state index contributed by atoms with van der Waals surface area (Å²) in [6.45, 7) is 6.65. The predicted octanol–water partition coefficient (Wildman–Crippen LogP) is 5.24. The summed E-state index contributed by atoms with van der Waals surface area (Å²) in [7, 11) is 0. The van der Waals surface area contributed by atoms with Crippen LogP contribution in [0, 0.1) is 6.92 Å². The fourth-order valence-electron chi connectivity index (χ4n) is 3.33. The number of nitrogens with zero attached hydrogens (tertiary/aromatic N) is 2. The number of alkyl halides is 3. The zero-order valence-corrected chi connectivity index (χ0v) is 18.7. The molecule has 0 saturated carbocycles. The third-order valence-electron chi connectivity index (χ3n) is 4.81. The largest absolute Gasteiger partial charge is 0.490 e. The zero-order chi connectivity index (χ0) is 24.0. The first-order chi connectivity index (χ1) is 15.7. The standard InChI is InChI=1S/C24H26F3N3O3/c1-4-32-20-10-9-17(13-21(20)33-5-2)14-23(31)28-22-11-16(3)30(29-22)15-18-7-6-8-19(12-18)24(25,26)27/h6-13H,4-5,14-15H2,1-3H3,(H,28,29,31). The van der Waals surface area contributed by atoms with Crippen LogP contribution in [-0.2, 0) is 23.9 Å². The minimum atomic E-state index is -4.41. The van der Waals surface area contributed by atoms with Gasteiger partial charge in [-0.15, -0.1) is 0 Å². The summed E-state index contributed by atoms with van der Waals surface area (Å²) in [4.78, 5) is 12.5. The van der Waals surface area contributed by atoms with Crippen LogP contribution in [0.1, 0.15) is 36.2 Å². The molecule has 0 fully saturated rings. The van der Waals surface area contributed by atoms with E-state index in [-0.39, 0.29) is 18.9 Å². The lowest BCUT2D eigenvalue weighted by molar-refractivity contribution is -0.137. The number of ether oxygens (including phenoxy) is 2. The molecule has 1 amide bonds. The summed E-state index contributed by atoms with van der Waals surface area (Å²) < 4.78 is 51.5. The molecule has 176 valence electrons. The van der Waals surface area contributed by atoms with Gasteiger partial charge < -0.3 is 14.8 Å². The molecule has 0 bridgehead atoms. The van der Waals surface area contributed by atoms with E-state index in [9.17, 15) is 18.0 Å². The van der Waals surface area contributed by atoms with Crippen molar-refractivity contribution in [3.63, 3.8) is 0 Å². The van der Waals surface area contributed by atoms with Crippen molar-refractivity contribution in [3.8, 4) is 11.5 Å². The fraction of sp³-hybridized carbons (Fsp3) is 0.333. The first-order valence-corrected chi connectivity index (χ1v) is 10.6. The van der Waals surface area contributed by atoms with Crippen molar-refractivity contribution in [2.75, 3.05) is 18.5 Å². The zero-order valence-electron chi connectivity index (χ0n) is 18.7. The second-order valence-corrected chi connectivity index (χ2v) is 7.40. The van der Waals surface area contributed by atoms with E-state index in [0.717, 1.165) is 17.7 Å². The molecule has 0 aliphatic carbocycles. The number of aromatic nitrogens is 2. The Morgan fingerprint density at radius 1 is 1.00 bits per heavy atom. The van der Waals surface area contributed by atoms with Crippen molar-refractivity contribution in [2.24, 2.45) is 0 Å². The highest BCUT2D eigenvalue weighted by molar-refractivity contribution is 5.91. The van der Waals surface area contributed by atoms with Crippen LogP contribution in [0.25, 0.3) is 0 Å². The lowest BCUT2D eigenvalue weighted by Crippen LogP contribution is -2.15. The highest BCUT2D eigenvalue weighted by atomic mass is 19.4. The molecule has 1 aromatic heterocycles. The van der Waals surface area contributed by atoms with E-state index in [4.69, 9.17) is 9.47 Å². The van der Waals surface area contributed by atoms with Crippen LogP contribution in [0.4, 0.5) is 19.0 Å². The lowest BCUT2D eigenvalue weighted by atomic mass is 10.1. The Hall–Kier alpha value is -3.49. The Labute approximate surface area is 190 Å². The number of rotatable bonds is 9. The first-order valence-electron chi connectivity index (χ1n) is 10.6. The maximum absolute atomic E-state index is 13.0. The van der Waals surface area contributed by atoms with Gasteiger partial charge in [0.1, 0.15) is 0 Å². The first kappa shape index (κ1) is 24.2. The van der Waals surface area contributed by atoms with Gasteiger partial charge >= 0.3 is 6.18 Å². The second-order valence-electron chi connectivity index (χ2n) is 7.40. The third-order valence-corrected chi connectivity index (χ3v) is 4.81. The molecule has 3 aromatic rings. The third kappa shape index (κ3) is 6.50. The quantitative estimate of drug-likeness (QED) is 0.474. The number of nitrogens with one attached hydrogen (secondary N) is 1. The summed E-state index contributed by atoms with van der Waals surface area (Å²) in [5, 5.41) is 7.06. The van der Waals surface area contributed by atoms with Crippen LogP contribution in [0.2, 0.25) is 0 Å². The normalized spacial score (nSPS) is 11.3. The number of benzene rings is 2. The summed E-state index contributed by atoms with van der Waals surface area (Å²) in [6.07, 6.45) is -4.30. The van der Waals surface area contributed by atoms with E-state index in [1.807, 2.05) is 13.8 Å². The summed E-state index contributed by atoms with van der Waals surface area (Å²) in [5.74, 6) is 1.25. The van der Waals surface area contributed by atoms with Gasteiger partial charge in [-0.3, -0.25) is 9.48 Å². The fourth-order valence-corrected chi connectivity index (χ4v) is 3.33. The molecule has 0 unspecified atom stereocenters. The molecule has 2 aromatic carbocycles. The molecule has 1 heterocycles. The average Bonchev–Trinajstić information content (AvgIpc) is 3.08. The van der Waals surface area contributed by atoms with E-state index in [0.29, 0.717) is 41.8 Å². The molecule has 0 radical (unpaired) electrons. The van der Waals surface area contributed by atoms with Gasteiger partial charge in [0.15, 0.2) is 17.3 Å². The highest BCUT2D eigenvalue weighted by Gasteiger charge is 2.30. The minimum Gasteiger partial charge on any atom is -0.490 e. The van der Waals surface area contributed by atoms with Gasteiger partial charge in [-0.05, 0) is 56.2 Å². The lowest BCUT2D eigenvalue weighted by Gasteiger charge is -2.12. The molecule has 9 heteroatoms. The van der Waals surface area contributed by atoms with Crippen molar-refractivity contribution in [3.05, 3.63) is 70.9 Å². The number of aryl methyl sites for hydroxylation is 1. The van der Waals surface area contributed by atoms with E-state index >= 15 is 0 Å². The molecule has 0 atom stereocenters. The SMILES string of the molecule is CCOc1ccc(CC(=O)Nc2cc(C)n(Cc3cccc(C(F)(F)F)c3)n2)cc1OCC. The molecular weight excluding hydrogens is 435 g/mol. The number of hydrogen-bond acceptors (Lipinski definition) is 4. The number of carbonyl (C=O) groups excluding carboxylic acids is 1. The second kappa shape index (κ2) is 10.4. The minimum absolute atomic E-state index is 0.103. The van der Waals surface area contributed by atoms with Gasteiger partial charge in [0.05, 0.1) is 31.7 Å². The molecule has 0 saturated heterocycles. The Morgan fingerprint density at radius 3 is 2.42 bits per heavy atom. The predicted molar refractivity (Wildman–Crippen MR) is 119 cm³/mol. The summed E-state index contributed by atoms with van der Waals surface area (Å²) in [6, 6.07) is 12.1. The van der Waals surface area contributed by atoms with Crippen molar-refractivity contribution < 1.29 is 27.4 Å². The average molecular weight is 461 g/mol. The van der Waals surface area contributed by atoms with Crippen molar-refractivity contribution in [2.45, 2.75) is 39.9 Å². The summed E-state index contributed by atoms with van der Waals surface area (Å²) >= 11 is 0. The van der Waals surface area contributed by atoms with Gasteiger partial charge in [-0.25, -0.2) is 0 Å². The van der Waals surface area contributed by atoms with E-state index in [1.54, 1.807) is 41.9 Å². The molecule has 0 spiro atoms. The Kier molecular flexibility index (Phi) is 7.63. The van der Waals surface area contributed by atoms with Gasteiger partial charge in [0.25, 0.3) is 0 Å². The number of carbonyl (C=O) groups is 1. The number of hydrogen-bond donors (Lipinski definition) is 1. The molecule has 3 rings (SSSR count). The van der Waals surface area contributed by atoms with E-state index in [1.165, 1.54) is 6.07 Å². The molecular formula is C24H26F3N3O3. The van der Waals surface area contributed by atoms with Crippen LogP contribution in [0.3, 0.4) is 0 Å². The smallest absolute Gasteiger partial charge is 0.416 e. The number of anilines is 1. The van der Waals surface area contributed by atoms with Crippen LogP contribution < -0.4 is 14.8 Å². The Bertz CT molecular complexity index is 1110. The monoisotopic (exact) mass is 461 g/mol. The van der Waals surface area contributed by atoms with E-state index < -0.39 is 11.7 Å². The number of amides is 1. The van der Waals surface area contributed by atoms with E-state index in [2.05, 4.69) is 10.4 Å². The number of halogens is 3.